The van der Waals surface area contributed by atoms with Crippen LogP contribution in [0.4, 0.5) is 5.13 Å². The summed E-state index contributed by atoms with van der Waals surface area (Å²) in [5, 5.41) is 0.658. The number of carbonyl (C=O) groups excluding carboxylic acids is 1. The summed E-state index contributed by atoms with van der Waals surface area (Å²) in [6.45, 7) is 9.94. The van der Waals surface area contributed by atoms with Gasteiger partial charge < -0.3 is 4.74 Å². The van der Waals surface area contributed by atoms with Crippen LogP contribution >= 0.6 is 23.7 Å². The molecule has 212 valence electrons. The fourth-order valence-corrected chi connectivity index (χ4v) is 8.08. The lowest BCUT2D eigenvalue weighted by molar-refractivity contribution is 0.0376. The first-order chi connectivity index (χ1) is 18.3. The van der Waals surface area contributed by atoms with Crippen LogP contribution < -0.4 is 4.90 Å². The first-order valence-corrected chi connectivity index (χ1v) is 15.6. The van der Waals surface area contributed by atoms with E-state index in [1.165, 1.54) is 11.3 Å². The van der Waals surface area contributed by atoms with E-state index >= 15 is 0 Å². The van der Waals surface area contributed by atoms with Crippen molar-refractivity contribution >= 4 is 55.0 Å². The van der Waals surface area contributed by atoms with Gasteiger partial charge in [-0.2, -0.15) is 4.31 Å². The van der Waals surface area contributed by atoms with Crippen molar-refractivity contribution in [1.82, 2.24) is 14.2 Å². The number of para-hydroxylation sites is 1. The summed E-state index contributed by atoms with van der Waals surface area (Å²) in [7, 11) is -3.60. The zero-order chi connectivity index (χ0) is 26.7. The van der Waals surface area contributed by atoms with Gasteiger partial charge >= 0.3 is 0 Å². The molecule has 3 heterocycles. The van der Waals surface area contributed by atoms with Gasteiger partial charge in [0.2, 0.25) is 10.0 Å². The van der Waals surface area contributed by atoms with E-state index in [-0.39, 0.29) is 23.2 Å². The lowest BCUT2D eigenvalue weighted by Crippen LogP contribution is -2.42. The van der Waals surface area contributed by atoms with Gasteiger partial charge in [0, 0.05) is 44.8 Å². The number of halogens is 1. The van der Waals surface area contributed by atoms with E-state index in [0.717, 1.165) is 55.9 Å². The molecule has 0 aliphatic carbocycles. The number of carbonyl (C=O) groups is 1. The molecule has 1 aromatic heterocycles. The highest BCUT2D eigenvalue weighted by Crippen LogP contribution is 2.31. The van der Waals surface area contributed by atoms with Gasteiger partial charge in [-0.3, -0.25) is 14.6 Å². The second-order valence-electron chi connectivity index (χ2n) is 10.5. The lowest BCUT2D eigenvalue weighted by Gasteiger charge is -2.34. The molecule has 2 aliphatic heterocycles. The Bertz CT molecular complexity index is 1320. The number of sulfonamides is 1. The number of ether oxygens (including phenoxy) is 1. The number of hydrogen-bond acceptors (Lipinski definition) is 7. The van der Waals surface area contributed by atoms with Gasteiger partial charge in [0.05, 0.1) is 28.3 Å². The fraction of sp³-hybridized carbons (Fsp3) is 0.500. The van der Waals surface area contributed by atoms with Crippen LogP contribution in [0.3, 0.4) is 0 Å². The average Bonchev–Trinajstić information content (AvgIpc) is 3.35. The Morgan fingerprint density at radius 3 is 2.38 bits per heavy atom. The summed E-state index contributed by atoms with van der Waals surface area (Å²) >= 11 is 1.50. The third-order valence-corrected chi connectivity index (χ3v) is 10.2. The molecule has 3 aromatic rings. The minimum absolute atomic E-state index is 0. The summed E-state index contributed by atoms with van der Waals surface area (Å²) in [5.74, 6) is 0.485. The van der Waals surface area contributed by atoms with Crippen molar-refractivity contribution in [3.63, 3.8) is 0 Å². The van der Waals surface area contributed by atoms with Crippen molar-refractivity contribution in [3.8, 4) is 0 Å². The molecule has 0 bridgehead atoms. The Morgan fingerprint density at radius 1 is 1.05 bits per heavy atom. The summed E-state index contributed by atoms with van der Waals surface area (Å²) in [4.78, 5) is 22.8. The van der Waals surface area contributed by atoms with Crippen molar-refractivity contribution in [1.29, 1.82) is 0 Å². The number of nitrogens with zero attached hydrogens (tertiary/aromatic N) is 4. The van der Waals surface area contributed by atoms with Crippen molar-refractivity contribution in [3.05, 3.63) is 54.1 Å². The van der Waals surface area contributed by atoms with E-state index in [9.17, 15) is 13.2 Å². The average molecular weight is 593 g/mol. The lowest BCUT2D eigenvalue weighted by atomic mass is 9.94. The SMILES string of the molecule is CC1CC(C)CN(S(=O)(=O)c2ccc(C(=O)N(CCCN3CCOCC3)c3nc4ccccc4s3)cc2)C1.Cl. The quantitative estimate of drug-likeness (QED) is 0.375. The third-order valence-electron chi connectivity index (χ3n) is 7.29. The topological polar surface area (TPSA) is 83.1 Å². The molecule has 0 radical (unpaired) electrons. The van der Waals surface area contributed by atoms with Crippen molar-refractivity contribution in [2.24, 2.45) is 11.8 Å². The number of fused-ring (bicyclic) bond motifs is 1. The summed E-state index contributed by atoms with van der Waals surface area (Å²) in [5.41, 5.74) is 1.32. The number of anilines is 1. The Labute approximate surface area is 241 Å². The van der Waals surface area contributed by atoms with Crippen LogP contribution in [0.25, 0.3) is 10.2 Å². The van der Waals surface area contributed by atoms with Gasteiger partial charge in [0.25, 0.3) is 5.91 Å². The van der Waals surface area contributed by atoms with E-state index in [2.05, 4.69) is 18.7 Å². The minimum Gasteiger partial charge on any atom is -0.379 e. The summed E-state index contributed by atoms with van der Waals surface area (Å²) < 4.78 is 34.7. The Balaban J connectivity index is 0.00000353. The van der Waals surface area contributed by atoms with Crippen molar-refractivity contribution in [2.75, 3.05) is 57.4 Å². The van der Waals surface area contributed by atoms with E-state index in [0.29, 0.717) is 42.2 Å². The number of benzene rings is 2. The number of rotatable bonds is 8. The molecule has 2 fully saturated rings. The largest absolute Gasteiger partial charge is 0.379 e. The molecule has 0 N–H and O–H groups in total. The number of amides is 1. The zero-order valence-electron chi connectivity index (χ0n) is 22.5. The number of thiazole rings is 1. The first-order valence-electron chi connectivity index (χ1n) is 13.4. The molecule has 2 saturated heterocycles. The predicted octanol–water partition coefficient (Wildman–Crippen LogP) is 4.75. The zero-order valence-corrected chi connectivity index (χ0v) is 24.9. The van der Waals surface area contributed by atoms with Gasteiger partial charge in [0.15, 0.2) is 5.13 Å². The molecule has 2 aromatic carbocycles. The number of morpholine rings is 1. The highest BCUT2D eigenvalue weighted by Gasteiger charge is 2.32. The normalized spacial score (nSPS) is 21.0. The number of hydrogen-bond donors (Lipinski definition) is 0. The Hall–Kier alpha value is -2.08. The fourth-order valence-electron chi connectivity index (χ4n) is 5.41. The second kappa shape index (κ2) is 13.1. The van der Waals surface area contributed by atoms with Gasteiger partial charge in [-0.1, -0.05) is 37.3 Å². The van der Waals surface area contributed by atoms with E-state index in [4.69, 9.17) is 9.72 Å². The molecule has 2 atom stereocenters. The third kappa shape index (κ3) is 6.99. The monoisotopic (exact) mass is 592 g/mol. The molecule has 1 amide bonds. The second-order valence-corrected chi connectivity index (χ2v) is 13.5. The van der Waals surface area contributed by atoms with Gasteiger partial charge in [-0.25, -0.2) is 13.4 Å². The molecule has 5 rings (SSSR count). The van der Waals surface area contributed by atoms with Crippen LogP contribution in [0.2, 0.25) is 0 Å². The van der Waals surface area contributed by atoms with E-state index in [1.54, 1.807) is 33.5 Å². The van der Waals surface area contributed by atoms with Gasteiger partial charge in [-0.15, -0.1) is 12.4 Å². The van der Waals surface area contributed by atoms with E-state index in [1.807, 2.05) is 24.3 Å². The van der Waals surface area contributed by atoms with Crippen molar-refractivity contribution in [2.45, 2.75) is 31.6 Å². The molecular formula is C28H37ClN4O4S2. The van der Waals surface area contributed by atoms with Crippen LogP contribution in [-0.2, 0) is 14.8 Å². The maximum atomic E-state index is 13.8. The van der Waals surface area contributed by atoms with E-state index < -0.39 is 10.0 Å². The van der Waals surface area contributed by atoms with Gasteiger partial charge in [0.1, 0.15) is 0 Å². The predicted molar refractivity (Wildman–Crippen MR) is 159 cm³/mol. The van der Waals surface area contributed by atoms with Crippen LogP contribution in [0.5, 0.6) is 0 Å². The first kappa shape index (κ1) is 29.9. The smallest absolute Gasteiger partial charge is 0.260 e. The molecule has 0 spiro atoms. The highest BCUT2D eigenvalue weighted by atomic mass is 35.5. The van der Waals surface area contributed by atoms with Crippen LogP contribution in [0.15, 0.2) is 53.4 Å². The molecular weight excluding hydrogens is 556 g/mol. The summed E-state index contributed by atoms with van der Waals surface area (Å²) in [6.07, 6.45) is 1.84. The minimum atomic E-state index is -3.60. The molecule has 0 saturated carbocycles. The Morgan fingerprint density at radius 2 is 1.72 bits per heavy atom. The van der Waals surface area contributed by atoms with Crippen LogP contribution in [-0.4, -0.2) is 81.0 Å². The maximum Gasteiger partial charge on any atom is 0.260 e. The van der Waals surface area contributed by atoms with Crippen LogP contribution in [0, 0.1) is 11.8 Å². The Kier molecular flexibility index (Phi) is 10.0. The molecule has 2 aliphatic rings. The number of aromatic nitrogens is 1. The highest BCUT2D eigenvalue weighted by molar-refractivity contribution is 7.89. The molecule has 39 heavy (non-hydrogen) atoms. The molecule has 8 nitrogen and oxygen atoms in total. The van der Waals surface area contributed by atoms with Crippen LogP contribution in [0.1, 0.15) is 37.0 Å². The number of piperidine rings is 1. The molecule has 2 unspecified atom stereocenters. The summed E-state index contributed by atoms with van der Waals surface area (Å²) in [6, 6.07) is 14.3. The van der Waals surface area contributed by atoms with Crippen molar-refractivity contribution < 1.29 is 17.9 Å². The van der Waals surface area contributed by atoms with Gasteiger partial charge in [-0.05, 0) is 61.1 Å². The maximum absolute atomic E-state index is 13.8. The molecule has 11 heteroatoms. The standard InChI is InChI=1S/C28H36N4O4S2.ClH/c1-21-18-22(2)20-31(19-21)38(34,35)24-10-8-23(9-11-24)27(33)32(13-5-12-30-14-16-36-17-15-30)28-29-25-6-3-4-7-26(25)37-28;/h3-4,6-11,21-22H,5,12-20H2,1-2H3;1H.